The fourth-order valence-corrected chi connectivity index (χ4v) is 2.73. The Kier molecular flexibility index (Phi) is 3.67. The predicted molar refractivity (Wildman–Crippen MR) is 64.3 cm³/mol. The van der Waals surface area contributed by atoms with Crippen LogP contribution in [-0.4, -0.2) is 43.0 Å². The quantitative estimate of drug-likeness (QED) is 0.687. The molecule has 2 aliphatic rings. The van der Waals surface area contributed by atoms with Crippen LogP contribution in [0.4, 0.5) is 0 Å². The molecule has 0 N–H and O–H groups in total. The van der Waals surface area contributed by atoms with E-state index in [1.54, 1.807) is 0 Å². The zero-order valence-electron chi connectivity index (χ0n) is 10.4. The summed E-state index contributed by atoms with van der Waals surface area (Å²) in [5, 5.41) is 0. The van der Waals surface area contributed by atoms with Gasteiger partial charge in [0.15, 0.2) is 5.79 Å². The highest BCUT2D eigenvalue weighted by atomic mass is 16.7. The molecule has 0 bridgehead atoms. The molecule has 1 aliphatic heterocycles. The van der Waals surface area contributed by atoms with Crippen molar-refractivity contribution in [3.63, 3.8) is 0 Å². The highest BCUT2D eigenvalue weighted by Gasteiger charge is 2.41. The smallest absolute Gasteiger partial charge is 0.168 e. The molecule has 1 heterocycles. The molecule has 3 heteroatoms. The number of hydrogen-bond donors (Lipinski definition) is 0. The first kappa shape index (κ1) is 12.1. The summed E-state index contributed by atoms with van der Waals surface area (Å²) in [6.07, 6.45) is 6.40. The molecular weight excluding hydrogens is 202 g/mol. The summed E-state index contributed by atoms with van der Waals surface area (Å²) in [7, 11) is 2.19. The Hall–Kier alpha value is -0.380. The Bertz CT molecular complexity index is 238. The molecule has 2 rings (SSSR count). The van der Waals surface area contributed by atoms with E-state index in [9.17, 15) is 0 Å². The second-order valence-electron chi connectivity index (χ2n) is 4.98. The van der Waals surface area contributed by atoms with Crippen molar-refractivity contribution < 1.29 is 9.47 Å². The van der Waals surface area contributed by atoms with Crippen molar-refractivity contribution in [3.8, 4) is 0 Å². The zero-order valence-corrected chi connectivity index (χ0v) is 10.4. The van der Waals surface area contributed by atoms with E-state index in [2.05, 4.69) is 25.5 Å². The number of nitrogens with zero attached hydrogens (tertiary/aromatic N) is 1. The second kappa shape index (κ2) is 4.86. The van der Waals surface area contributed by atoms with Gasteiger partial charge in [0.2, 0.25) is 0 Å². The summed E-state index contributed by atoms with van der Waals surface area (Å²) in [6, 6.07) is 1.09. The summed E-state index contributed by atoms with van der Waals surface area (Å²) in [6.45, 7) is 7.59. The van der Waals surface area contributed by atoms with Crippen molar-refractivity contribution in [1.29, 1.82) is 0 Å². The van der Waals surface area contributed by atoms with Crippen molar-refractivity contribution >= 4 is 0 Å². The monoisotopic (exact) mass is 225 g/mol. The van der Waals surface area contributed by atoms with E-state index in [1.807, 2.05) is 6.08 Å². The van der Waals surface area contributed by atoms with Gasteiger partial charge in [-0.15, -0.1) is 6.58 Å². The predicted octanol–water partition coefficient (Wildman–Crippen LogP) is 2.18. The van der Waals surface area contributed by atoms with Gasteiger partial charge in [0.1, 0.15) is 0 Å². The standard InChI is InChI=1S/C13H23NO2/c1-4-11(2)14(3)12-5-7-13(8-6-12)15-9-10-16-13/h4,11-12H,1,5-10H2,2-3H3. The fraction of sp³-hybridized carbons (Fsp3) is 0.846. The molecule has 1 saturated heterocycles. The number of hydrogen-bond acceptors (Lipinski definition) is 3. The van der Waals surface area contributed by atoms with E-state index in [1.165, 1.54) is 0 Å². The average molecular weight is 225 g/mol. The van der Waals surface area contributed by atoms with Crippen LogP contribution in [0.25, 0.3) is 0 Å². The maximum Gasteiger partial charge on any atom is 0.168 e. The van der Waals surface area contributed by atoms with E-state index in [0.29, 0.717) is 12.1 Å². The SMILES string of the molecule is C=CC(C)N(C)C1CCC2(CC1)OCCO2. The third-order valence-corrected chi connectivity index (χ3v) is 4.09. The second-order valence-corrected chi connectivity index (χ2v) is 4.98. The van der Waals surface area contributed by atoms with Crippen molar-refractivity contribution in [2.24, 2.45) is 0 Å². The van der Waals surface area contributed by atoms with Gasteiger partial charge in [0.25, 0.3) is 0 Å². The number of likely N-dealkylation sites (N-methyl/N-ethyl adjacent to an activating group) is 1. The Balaban J connectivity index is 1.87. The van der Waals surface area contributed by atoms with Crippen molar-refractivity contribution in [2.45, 2.75) is 50.5 Å². The van der Waals surface area contributed by atoms with Gasteiger partial charge in [0.05, 0.1) is 13.2 Å². The first-order valence-corrected chi connectivity index (χ1v) is 6.29. The van der Waals surface area contributed by atoms with E-state index in [-0.39, 0.29) is 5.79 Å². The summed E-state index contributed by atoms with van der Waals surface area (Å²) in [5.74, 6) is -0.227. The lowest BCUT2D eigenvalue weighted by Crippen LogP contribution is -2.45. The Morgan fingerprint density at radius 2 is 1.88 bits per heavy atom. The van der Waals surface area contributed by atoms with Crippen LogP contribution in [0.3, 0.4) is 0 Å². The minimum Gasteiger partial charge on any atom is -0.348 e. The van der Waals surface area contributed by atoms with E-state index < -0.39 is 0 Å². The van der Waals surface area contributed by atoms with Crippen molar-refractivity contribution in [2.75, 3.05) is 20.3 Å². The zero-order chi connectivity index (χ0) is 11.6. The van der Waals surface area contributed by atoms with E-state index >= 15 is 0 Å². The Morgan fingerprint density at radius 3 is 2.38 bits per heavy atom. The largest absolute Gasteiger partial charge is 0.348 e. The maximum atomic E-state index is 5.74. The fourth-order valence-electron chi connectivity index (χ4n) is 2.73. The average Bonchev–Trinajstić information content (AvgIpc) is 2.77. The third-order valence-electron chi connectivity index (χ3n) is 4.09. The van der Waals surface area contributed by atoms with E-state index in [4.69, 9.17) is 9.47 Å². The highest BCUT2D eigenvalue weighted by Crippen LogP contribution is 2.37. The van der Waals surface area contributed by atoms with Crippen LogP contribution in [0.15, 0.2) is 12.7 Å². The van der Waals surface area contributed by atoms with Crippen LogP contribution in [0, 0.1) is 0 Å². The van der Waals surface area contributed by atoms with Crippen molar-refractivity contribution in [1.82, 2.24) is 4.90 Å². The first-order chi connectivity index (χ1) is 7.67. The normalized spacial score (nSPS) is 27.4. The lowest BCUT2D eigenvalue weighted by molar-refractivity contribution is -0.183. The molecule has 0 aromatic rings. The molecule has 1 spiro atoms. The van der Waals surface area contributed by atoms with Gasteiger partial charge >= 0.3 is 0 Å². The van der Waals surface area contributed by atoms with Crippen LogP contribution in [0.2, 0.25) is 0 Å². The molecule has 1 saturated carbocycles. The van der Waals surface area contributed by atoms with Crippen LogP contribution in [0.5, 0.6) is 0 Å². The number of ether oxygens (including phenoxy) is 2. The molecule has 16 heavy (non-hydrogen) atoms. The van der Waals surface area contributed by atoms with Crippen LogP contribution in [0.1, 0.15) is 32.6 Å². The lowest BCUT2D eigenvalue weighted by atomic mass is 9.88. The number of rotatable bonds is 3. The van der Waals surface area contributed by atoms with Gasteiger partial charge in [-0.1, -0.05) is 6.08 Å². The molecule has 2 fully saturated rings. The molecule has 92 valence electrons. The molecular formula is C13H23NO2. The molecule has 0 radical (unpaired) electrons. The lowest BCUT2D eigenvalue weighted by Gasteiger charge is -2.40. The van der Waals surface area contributed by atoms with Crippen molar-refractivity contribution in [3.05, 3.63) is 12.7 Å². The maximum absolute atomic E-state index is 5.74. The minimum atomic E-state index is -0.227. The highest BCUT2D eigenvalue weighted by molar-refractivity contribution is 4.91. The van der Waals surface area contributed by atoms with Gasteiger partial charge in [0, 0.05) is 24.9 Å². The van der Waals surface area contributed by atoms with Crippen LogP contribution in [-0.2, 0) is 9.47 Å². The van der Waals surface area contributed by atoms with Gasteiger partial charge in [-0.2, -0.15) is 0 Å². The summed E-state index contributed by atoms with van der Waals surface area (Å²) >= 11 is 0. The molecule has 3 nitrogen and oxygen atoms in total. The first-order valence-electron chi connectivity index (χ1n) is 6.29. The molecule has 0 amide bonds. The molecule has 1 aliphatic carbocycles. The topological polar surface area (TPSA) is 21.7 Å². The van der Waals surface area contributed by atoms with E-state index in [0.717, 1.165) is 38.9 Å². The summed E-state index contributed by atoms with van der Waals surface area (Å²) in [5.41, 5.74) is 0. The Labute approximate surface area is 98.4 Å². The third kappa shape index (κ3) is 2.31. The van der Waals surface area contributed by atoms with Gasteiger partial charge in [-0.3, -0.25) is 4.90 Å². The molecule has 0 aromatic carbocycles. The van der Waals surface area contributed by atoms with Gasteiger partial charge in [-0.05, 0) is 26.8 Å². The molecule has 1 atom stereocenters. The summed E-state index contributed by atoms with van der Waals surface area (Å²) < 4.78 is 11.5. The van der Waals surface area contributed by atoms with Crippen LogP contribution < -0.4 is 0 Å². The van der Waals surface area contributed by atoms with Crippen LogP contribution >= 0.6 is 0 Å². The minimum absolute atomic E-state index is 0.227. The molecule has 0 aromatic heterocycles. The Morgan fingerprint density at radius 1 is 1.31 bits per heavy atom. The van der Waals surface area contributed by atoms with Gasteiger partial charge in [-0.25, -0.2) is 0 Å². The molecule has 1 unspecified atom stereocenters. The summed E-state index contributed by atoms with van der Waals surface area (Å²) in [4.78, 5) is 2.41. The van der Waals surface area contributed by atoms with Gasteiger partial charge < -0.3 is 9.47 Å².